The molecular formula is C22H29N3O4. The van der Waals surface area contributed by atoms with Crippen molar-refractivity contribution in [2.24, 2.45) is 0 Å². The zero-order valence-corrected chi connectivity index (χ0v) is 17.2. The number of anilines is 2. The van der Waals surface area contributed by atoms with Crippen LogP contribution in [-0.2, 0) is 9.59 Å². The van der Waals surface area contributed by atoms with Gasteiger partial charge in [-0.05, 0) is 37.2 Å². The molecule has 7 heteroatoms. The molecule has 0 heterocycles. The van der Waals surface area contributed by atoms with Gasteiger partial charge in [-0.1, -0.05) is 32.0 Å². The van der Waals surface area contributed by atoms with Crippen LogP contribution in [-0.4, -0.2) is 50.1 Å². The molecule has 0 atom stereocenters. The number of carbonyl (C=O) groups is 2. The Morgan fingerprint density at radius 1 is 0.966 bits per heavy atom. The van der Waals surface area contributed by atoms with Gasteiger partial charge >= 0.3 is 0 Å². The number of para-hydroxylation sites is 2. The number of methoxy groups -OCH3 is 1. The normalized spacial score (nSPS) is 10.5. The van der Waals surface area contributed by atoms with Gasteiger partial charge in [-0.25, -0.2) is 0 Å². The summed E-state index contributed by atoms with van der Waals surface area (Å²) in [5.74, 6) is 0.910. The number of hydrogen-bond donors (Lipinski definition) is 2. The van der Waals surface area contributed by atoms with E-state index in [-0.39, 0.29) is 24.9 Å². The zero-order valence-electron chi connectivity index (χ0n) is 17.2. The van der Waals surface area contributed by atoms with Gasteiger partial charge in [0.15, 0.2) is 0 Å². The fourth-order valence-electron chi connectivity index (χ4n) is 2.68. The van der Waals surface area contributed by atoms with Gasteiger partial charge in [0.1, 0.15) is 11.5 Å². The predicted octanol–water partition coefficient (Wildman–Crippen LogP) is 3.38. The van der Waals surface area contributed by atoms with Gasteiger partial charge in [-0.2, -0.15) is 0 Å². The molecule has 29 heavy (non-hydrogen) atoms. The van der Waals surface area contributed by atoms with E-state index in [2.05, 4.69) is 10.6 Å². The van der Waals surface area contributed by atoms with Crippen molar-refractivity contribution in [1.29, 1.82) is 0 Å². The summed E-state index contributed by atoms with van der Waals surface area (Å²) in [7, 11) is 1.57. The van der Waals surface area contributed by atoms with Gasteiger partial charge in [0, 0.05) is 11.8 Å². The summed E-state index contributed by atoms with van der Waals surface area (Å²) < 4.78 is 10.8. The Morgan fingerprint density at radius 3 is 2.38 bits per heavy atom. The monoisotopic (exact) mass is 399 g/mol. The third-order valence-corrected chi connectivity index (χ3v) is 4.16. The van der Waals surface area contributed by atoms with E-state index in [1.165, 1.54) is 0 Å². The number of ether oxygens (including phenoxy) is 2. The fourth-order valence-corrected chi connectivity index (χ4v) is 2.68. The lowest BCUT2D eigenvalue weighted by atomic mass is 10.3. The maximum atomic E-state index is 12.5. The van der Waals surface area contributed by atoms with E-state index in [9.17, 15) is 9.59 Å². The third-order valence-electron chi connectivity index (χ3n) is 4.16. The Labute approximate surface area is 172 Å². The Kier molecular flexibility index (Phi) is 8.98. The van der Waals surface area contributed by atoms with Crippen LogP contribution >= 0.6 is 0 Å². The zero-order chi connectivity index (χ0) is 21.1. The number of hydrogen-bond acceptors (Lipinski definition) is 5. The summed E-state index contributed by atoms with van der Waals surface area (Å²) in [6.45, 7) is 5.28. The van der Waals surface area contributed by atoms with Gasteiger partial charge in [-0.3, -0.25) is 14.5 Å². The molecule has 2 rings (SSSR count). The molecule has 156 valence electrons. The van der Waals surface area contributed by atoms with Crippen LogP contribution in [0.1, 0.15) is 20.3 Å². The van der Waals surface area contributed by atoms with Crippen LogP contribution in [0.3, 0.4) is 0 Å². The quantitative estimate of drug-likeness (QED) is 0.606. The molecule has 0 bridgehead atoms. The van der Waals surface area contributed by atoms with Crippen molar-refractivity contribution >= 4 is 23.2 Å². The van der Waals surface area contributed by atoms with Crippen molar-refractivity contribution in [2.75, 3.05) is 44.0 Å². The lowest BCUT2D eigenvalue weighted by Crippen LogP contribution is -2.38. The van der Waals surface area contributed by atoms with Crippen LogP contribution in [0.2, 0.25) is 0 Å². The first kappa shape index (κ1) is 22.2. The first-order valence-electron chi connectivity index (χ1n) is 9.73. The van der Waals surface area contributed by atoms with Crippen LogP contribution in [0.25, 0.3) is 0 Å². The van der Waals surface area contributed by atoms with Crippen LogP contribution in [0.5, 0.6) is 11.5 Å². The highest BCUT2D eigenvalue weighted by molar-refractivity contribution is 5.95. The molecule has 2 aromatic carbocycles. The number of benzene rings is 2. The van der Waals surface area contributed by atoms with Crippen molar-refractivity contribution in [2.45, 2.75) is 20.3 Å². The smallest absolute Gasteiger partial charge is 0.238 e. The van der Waals surface area contributed by atoms with Crippen molar-refractivity contribution in [3.63, 3.8) is 0 Å². The van der Waals surface area contributed by atoms with Crippen molar-refractivity contribution in [3.8, 4) is 11.5 Å². The van der Waals surface area contributed by atoms with Gasteiger partial charge in [0.25, 0.3) is 0 Å². The van der Waals surface area contributed by atoms with E-state index >= 15 is 0 Å². The first-order chi connectivity index (χ1) is 14.0. The van der Waals surface area contributed by atoms with Crippen LogP contribution in [0.4, 0.5) is 11.4 Å². The molecule has 0 saturated carbocycles. The molecule has 7 nitrogen and oxygen atoms in total. The lowest BCUT2D eigenvalue weighted by Gasteiger charge is -2.20. The second kappa shape index (κ2) is 11.7. The SMILES string of the molecule is CCCOc1ccccc1NC(=O)CN(CC)CC(=O)Nc1cccc(OC)c1. The van der Waals surface area contributed by atoms with E-state index in [1.54, 1.807) is 42.3 Å². The number of nitrogens with one attached hydrogen (secondary N) is 2. The second-order valence-electron chi connectivity index (χ2n) is 6.48. The summed E-state index contributed by atoms with van der Waals surface area (Å²) in [6.07, 6.45) is 0.883. The van der Waals surface area contributed by atoms with Crippen LogP contribution < -0.4 is 20.1 Å². The maximum absolute atomic E-state index is 12.5. The molecule has 0 radical (unpaired) electrons. The van der Waals surface area contributed by atoms with E-state index < -0.39 is 0 Å². The molecule has 0 unspecified atom stereocenters. The standard InChI is InChI=1S/C22H29N3O4/c1-4-13-29-20-12-7-6-11-19(20)24-22(27)16-25(5-2)15-21(26)23-17-9-8-10-18(14-17)28-3/h6-12,14H,4-5,13,15-16H2,1-3H3,(H,23,26)(H,24,27). The molecule has 0 aliphatic rings. The molecule has 0 fully saturated rings. The van der Waals surface area contributed by atoms with Gasteiger partial charge in [-0.15, -0.1) is 0 Å². The Morgan fingerprint density at radius 2 is 1.69 bits per heavy atom. The Bertz CT molecular complexity index is 810. The largest absolute Gasteiger partial charge is 0.497 e. The minimum Gasteiger partial charge on any atom is -0.497 e. The van der Waals surface area contributed by atoms with E-state index in [0.29, 0.717) is 36.0 Å². The Balaban J connectivity index is 1.90. The van der Waals surface area contributed by atoms with E-state index in [0.717, 1.165) is 6.42 Å². The van der Waals surface area contributed by atoms with Crippen LogP contribution in [0.15, 0.2) is 48.5 Å². The summed E-state index contributed by atoms with van der Waals surface area (Å²) >= 11 is 0. The molecule has 0 aromatic heterocycles. The average Bonchev–Trinajstić information content (AvgIpc) is 2.72. The number of rotatable bonds is 11. The molecule has 0 spiro atoms. The van der Waals surface area contributed by atoms with Crippen molar-refractivity contribution < 1.29 is 19.1 Å². The minimum atomic E-state index is -0.200. The second-order valence-corrected chi connectivity index (χ2v) is 6.48. The molecule has 0 aliphatic heterocycles. The number of likely N-dealkylation sites (N-methyl/N-ethyl adjacent to an activating group) is 1. The predicted molar refractivity (Wildman–Crippen MR) is 115 cm³/mol. The molecule has 0 aliphatic carbocycles. The molecule has 0 saturated heterocycles. The van der Waals surface area contributed by atoms with E-state index in [4.69, 9.17) is 9.47 Å². The third kappa shape index (κ3) is 7.46. The van der Waals surface area contributed by atoms with Crippen LogP contribution in [0, 0.1) is 0 Å². The first-order valence-corrected chi connectivity index (χ1v) is 9.73. The molecular weight excluding hydrogens is 370 g/mol. The van der Waals surface area contributed by atoms with Gasteiger partial charge in [0.05, 0.1) is 32.5 Å². The van der Waals surface area contributed by atoms with E-state index in [1.807, 2.05) is 32.0 Å². The van der Waals surface area contributed by atoms with Gasteiger partial charge < -0.3 is 20.1 Å². The molecule has 2 N–H and O–H groups in total. The van der Waals surface area contributed by atoms with Crippen molar-refractivity contribution in [3.05, 3.63) is 48.5 Å². The number of nitrogens with zero attached hydrogens (tertiary/aromatic N) is 1. The summed E-state index contributed by atoms with van der Waals surface area (Å²) in [5.41, 5.74) is 1.28. The average molecular weight is 399 g/mol. The Hall–Kier alpha value is -3.06. The number of amides is 2. The highest BCUT2D eigenvalue weighted by Gasteiger charge is 2.15. The van der Waals surface area contributed by atoms with Crippen molar-refractivity contribution in [1.82, 2.24) is 4.90 Å². The summed E-state index contributed by atoms with van der Waals surface area (Å²) in [4.78, 5) is 26.6. The van der Waals surface area contributed by atoms with Gasteiger partial charge in [0.2, 0.25) is 11.8 Å². The maximum Gasteiger partial charge on any atom is 0.238 e. The highest BCUT2D eigenvalue weighted by atomic mass is 16.5. The molecule has 2 amide bonds. The fraction of sp³-hybridized carbons (Fsp3) is 0.364. The summed E-state index contributed by atoms with van der Waals surface area (Å²) in [5, 5.41) is 5.69. The minimum absolute atomic E-state index is 0.101. The lowest BCUT2D eigenvalue weighted by molar-refractivity contribution is -0.119. The summed E-state index contributed by atoms with van der Waals surface area (Å²) in [6, 6.07) is 14.5. The molecule has 2 aromatic rings. The topological polar surface area (TPSA) is 79.9 Å². The number of carbonyl (C=O) groups excluding carboxylic acids is 2. The highest BCUT2D eigenvalue weighted by Crippen LogP contribution is 2.23.